The minimum Gasteiger partial charge on any atom is -0.472 e. The van der Waals surface area contributed by atoms with Crippen LogP contribution in [0.4, 0.5) is 10.7 Å². The van der Waals surface area contributed by atoms with Crippen LogP contribution >= 0.6 is 0 Å². The lowest BCUT2D eigenvalue weighted by atomic mass is 10.1. The molecule has 1 fully saturated rings. The highest BCUT2D eigenvalue weighted by atomic mass is 16.3. The van der Waals surface area contributed by atoms with Gasteiger partial charge in [0.1, 0.15) is 5.82 Å². The zero-order valence-corrected chi connectivity index (χ0v) is 15.0. The minimum atomic E-state index is -0.210. The fourth-order valence-electron chi connectivity index (χ4n) is 3.20. The maximum absolute atomic E-state index is 12.5. The van der Waals surface area contributed by atoms with Crippen molar-refractivity contribution in [2.45, 2.75) is 38.8 Å². The molecule has 0 unspecified atom stereocenters. The van der Waals surface area contributed by atoms with Gasteiger partial charge < -0.3 is 14.4 Å². The average molecular weight is 362 g/mol. The summed E-state index contributed by atoms with van der Waals surface area (Å²) in [4.78, 5) is 20.8. The number of aromatic amines is 1. The molecule has 0 bridgehead atoms. The summed E-state index contributed by atoms with van der Waals surface area (Å²) in [5.74, 6) is 1.07. The second-order valence-corrected chi connectivity index (χ2v) is 6.50. The van der Waals surface area contributed by atoms with E-state index in [0.717, 1.165) is 37.3 Å². The van der Waals surface area contributed by atoms with Crippen molar-refractivity contribution in [1.29, 1.82) is 0 Å². The number of nitrogens with one attached hydrogen (secondary N) is 2. The number of nitrogens with zero attached hydrogens (tertiary/aromatic N) is 4. The molecule has 0 radical (unpaired) electrons. The molecule has 1 aliphatic rings. The molecule has 3 rings (SSSR count). The van der Waals surface area contributed by atoms with Crippen LogP contribution in [0, 0.1) is 0 Å². The summed E-state index contributed by atoms with van der Waals surface area (Å²) < 4.78 is 5.13. The van der Waals surface area contributed by atoms with Crippen LogP contribution in [0.5, 0.6) is 0 Å². The third kappa shape index (κ3) is 4.61. The Balaban J connectivity index is 1.57. The van der Waals surface area contributed by atoms with Crippen LogP contribution in [0.3, 0.4) is 0 Å². The summed E-state index contributed by atoms with van der Waals surface area (Å²) >= 11 is 0. The number of anilines is 1. The van der Waals surface area contributed by atoms with Crippen molar-refractivity contribution in [3.05, 3.63) is 30.0 Å². The molecule has 0 aliphatic carbocycles. The number of piperazine rings is 1. The molecule has 3 heterocycles. The SMILES string of the molecule is CCCc1nc(NC(=O)N2CCN(Cc3ccoc3)[C@H](CCO)C2)n[nH]1. The van der Waals surface area contributed by atoms with Gasteiger partial charge in [-0.05, 0) is 18.9 Å². The first-order valence-corrected chi connectivity index (χ1v) is 9.02. The number of amides is 2. The molecule has 2 aromatic heterocycles. The number of aliphatic hydroxyl groups excluding tert-OH is 1. The number of carbonyl (C=O) groups is 1. The number of H-pyrrole nitrogens is 1. The molecule has 0 saturated carbocycles. The average Bonchev–Trinajstić information content (AvgIpc) is 3.29. The Labute approximate surface area is 152 Å². The second-order valence-electron chi connectivity index (χ2n) is 6.50. The third-order valence-electron chi connectivity index (χ3n) is 4.56. The molecule has 142 valence electrons. The van der Waals surface area contributed by atoms with Gasteiger partial charge in [0.2, 0.25) is 5.95 Å². The Hall–Kier alpha value is -2.39. The molecule has 1 atom stereocenters. The Bertz CT molecular complexity index is 686. The molecular formula is C17H26N6O3. The summed E-state index contributed by atoms with van der Waals surface area (Å²) in [7, 11) is 0. The number of furan rings is 1. The van der Waals surface area contributed by atoms with Crippen molar-refractivity contribution in [3.63, 3.8) is 0 Å². The summed E-state index contributed by atoms with van der Waals surface area (Å²) in [5.41, 5.74) is 1.09. The van der Waals surface area contributed by atoms with Crippen LogP contribution in [-0.4, -0.2) is 68.4 Å². The number of carbonyl (C=O) groups excluding carboxylic acids is 1. The van der Waals surface area contributed by atoms with E-state index >= 15 is 0 Å². The van der Waals surface area contributed by atoms with Gasteiger partial charge in [-0.1, -0.05) is 6.92 Å². The van der Waals surface area contributed by atoms with E-state index < -0.39 is 0 Å². The van der Waals surface area contributed by atoms with Crippen molar-refractivity contribution < 1.29 is 14.3 Å². The van der Waals surface area contributed by atoms with E-state index in [1.165, 1.54) is 0 Å². The normalized spacial score (nSPS) is 18.2. The van der Waals surface area contributed by atoms with E-state index in [-0.39, 0.29) is 18.7 Å². The number of urea groups is 1. The van der Waals surface area contributed by atoms with Crippen LogP contribution in [0.1, 0.15) is 31.2 Å². The van der Waals surface area contributed by atoms with Crippen molar-refractivity contribution in [1.82, 2.24) is 25.0 Å². The standard InChI is InChI=1S/C17H26N6O3/c1-2-3-15-18-16(21-20-15)19-17(25)23-7-6-22(14(11-23)4-8-24)10-13-5-9-26-12-13/h5,9,12,14,24H,2-4,6-8,10-11H2,1H3,(H2,18,19,20,21,25)/t14-/m1/s1. The Morgan fingerprint density at radius 2 is 2.38 bits per heavy atom. The smallest absolute Gasteiger partial charge is 0.324 e. The van der Waals surface area contributed by atoms with Gasteiger partial charge in [-0.3, -0.25) is 15.3 Å². The van der Waals surface area contributed by atoms with Gasteiger partial charge in [0, 0.05) is 50.8 Å². The Morgan fingerprint density at radius 1 is 1.50 bits per heavy atom. The first kappa shape index (κ1) is 18.4. The number of aromatic nitrogens is 3. The summed E-state index contributed by atoms with van der Waals surface area (Å²) in [6.07, 6.45) is 5.76. The molecule has 1 saturated heterocycles. The van der Waals surface area contributed by atoms with Crippen LogP contribution in [0.15, 0.2) is 23.0 Å². The number of rotatable bonds is 7. The summed E-state index contributed by atoms with van der Waals surface area (Å²) in [5, 5.41) is 19.0. The van der Waals surface area contributed by atoms with Crippen molar-refractivity contribution in [2.75, 3.05) is 31.6 Å². The van der Waals surface area contributed by atoms with Crippen molar-refractivity contribution in [3.8, 4) is 0 Å². The van der Waals surface area contributed by atoms with E-state index in [4.69, 9.17) is 4.42 Å². The van der Waals surface area contributed by atoms with Gasteiger partial charge in [-0.15, -0.1) is 5.10 Å². The zero-order valence-electron chi connectivity index (χ0n) is 15.0. The molecule has 0 aromatic carbocycles. The molecule has 3 N–H and O–H groups in total. The fourth-order valence-corrected chi connectivity index (χ4v) is 3.20. The van der Waals surface area contributed by atoms with Crippen molar-refractivity contribution >= 4 is 12.0 Å². The zero-order chi connectivity index (χ0) is 18.4. The number of hydrogen-bond donors (Lipinski definition) is 3. The molecule has 2 aromatic rings. The Kier molecular flexibility index (Phi) is 6.24. The van der Waals surface area contributed by atoms with Gasteiger partial charge in [0.25, 0.3) is 0 Å². The van der Waals surface area contributed by atoms with E-state index in [9.17, 15) is 9.90 Å². The molecule has 9 heteroatoms. The van der Waals surface area contributed by atoms with Crippen LogP contribution < -0.4 is 5.32 Å². The van der Waals surface area contributed by atoms with E-state index in [1.807, 2.05) is 6.07 Å². The highest BCUT2D eigenvalue weighted by Gasteiger charge is 2.29. The van der Waals surface area contributed by atoms with Gasteiger partial charge in [-0.25, -0.2) is 4.79 Å². The van der Waals surface area contributed by atoms with E-state index in [1.54, 1.807) is 17.4 Å². The lowest BCUT2D eigenvalue weighted by Gasteiger charge is -2.41. The maximum atomic E-state index is 12.5. The maximum Gasteiger partial charge on any atom is 0.324 e. The van der Waals surface area contributed by atoms with E-state index in [0.29, 0.717) is 25.5 Å². The predicted molar refractivity (Wildman–Crippen MR) is 95.6 cm³/mol. The monoisotopic (exact) mass is 362 g/mol. The lowest BCUT2D eigenvalue weighted by Crippen LogP contribution is -2.55. The van der Waals surface area contributed by atoms with Crippen LogP contribution in [0.25, 0.3) is 0 Å². The second kappa shape index (κ2) is 8.81. The van der Waals surface area contributed by atoms with Gasteiger partial charge >= 0.3 is 6.03 Å². The number of aryl methyl sites for hydroxylation is 1. The lowest BCUT2D eigenvalue weighted by molar-refractivity contribution is 0.0717. The van der Waals surface area contributed by atoms with Crippen LogP contribution in [-0.2, 0) is 13.0 Å². The quantitative estimate of drug-likeness (QED) is 0.688. The summed E-state index contributed by atoms with van der Waals surface area (Å²) in [6, 6.07) is 1.82. The molecule has 2 amide bonds. The highest BCUT2D eigenvalue weighted by molar-refractivity contribution is 5.87. The largest absolute Gasteiger partial charge is 0.472 e. The van der Waals surface area contributed by atoms with Crippen LogP contribution in [0.2, 0.25) is 0 Å². The fraction of sp³-hybridized carbons (Fsp3) is 0.588. The predicted octanol–water partition coefficient (Wildman–Crippen LogP) is 1.45. The van der Waals surface area contributed by atoms with Gasteiger partial charge in [-0.2, -0.15) is 4.98 Å². The first-order chi connectivity index (χ1) is 12.7. The highest BCUT2D eigenvalue weighted by Crippen LogP contribution is 2.17. The third-order valence-corrected chi connectivity index (χ3v) is 4.56. The Morgan fingerprint density at radius 3 is 3.12 bits per heavy atom. The number of hydrogen-bond acceptors (Lipinski definition) is 6. The summed E-state index contributed by atoms with van der Waals surface area (Å²) in [6.45, 7) is 4.79. The minimum absolute atomic E-state index is 0.0866. The molecular weight excluding hydrogens is 336 g/mol. The molecule has 1 aliphatic heterocycles. The van der Waals surface area contributed by atoms with Gasteiger partial charge in [0.15, 0.2) is 0 Å². The molecule has 0 spiro atoms. The van der Waals surface area contributed by atoms with Gasteiger partial charge in [0.05, 0.1) is 12.5 Å². The topological polar surface area (TPSA) is 111 Å². The molecule has 26 heavy (non-hydrogen) atoms. The van der Waals surface area contributed by atoms with E-state index in [2.05, 4.69) is 32.3 Å². The van der Waals surface area contributed by atoms with Crippen molar-refractivity contribution in [2.24, 2.45) is 0 Å². The number of aliphatic hydroxyl groups is 1. The molecule has 9 nitrogen and oxygen atoms in total. The first-order valence-electron chi connectivity index (χ1n) is 9.02.